The number of epoxide rings is 1. The van der Waals surface area contributed by atoms with Gasteiger partial charge in [0.25, 0.3) is 0 Å². The molecule has 0 amide bonds. The highest BCUT2D eigenvalue weighted by Gasteiger charge is 2.49. The van der Waals surface area contributed by atoms with Crippen LogP contribution in [-0.2, 0) is 22.7 Å². The summed E-state index contributed by atoms with van der Waals surface area (Å²) in [5, 5.41) is 0. The Balaban J connectivity index is 1.35. The summed E-state index contributed by atoms with van der Waals surface area (Å²) in [6.07, 6.45) is -0.902. The number of rotatable bonds is 6. The minimum atomic E-state index is -0.559. The highest BCUT2D eigenvalue weighted by atomic mass is 79.9. The van der Waals surface area contributed by atoms with Crippen molar-refractivity contribution in [2.24, 2.45) is 0 Å². The second-order valence-electron chi connectivity index (χ2n) is 7.21. The number of carbonyl (C=O) groups is 1. The second kappa shape index (κ2) is 8.22. The minimum Gasteiger partial charge on any atom is -0.488 e. The number of ketones is 1. The number of Topliss-reactive ketones (excluding diaryl/α,β-unsaturated/α-hetero) is 1. The van der Waals surface area contributed by atoms with Gasteiger partial charge in [0.1, 0.15) is 24.2 Å². The number of hydrogen-bond acceptors (Lipinski definition) is 5. The standard InChI is InChI=1S/C24H19BrO5/c25-17-10-16-13-27-14-29-22(16)19(11-17)23-24(30-23)21(26)18-8-4-5-9-20(18)28-12-15-6-2-1-3-7-15/h1-11,23-24H,12-14H2/t23-,24+/m0/s1. The molecule has 2 aliphatic rings. The molecule has 6 heteroatoms. The van der Waals surface area contributed by atoms with Crippen molar-refractivity contribution in [3.8, 4) is 11.5 Å². The molecule has 0 unspecified atom stereocenters. The van der Waals surface area contributed by atoms with E-state index in [9.17, 15) is 4.79 Å². The number of halogens is 1. The molecule has 1 fully saturated rings. The molecule has 2 aliphatic heterocycles. The van der Waals surface area contributed by atoms with Crippen molar-refractivity contribution in [2.45, 2.75) is 25.4 Å². The lowest BCUT2D eigenvalue weighted by Gasteiger charge is -2.20. The van der Waals surface area contributed by atoms with E-state index in [0.29, 0.717) is 24.5 Å². The summed E-state index contributed by atoms with van der Waals surface area (Å²) in [6, 6.07) is 21.1. The smallest absolute Gasteiger partial charge is 0.198 e. The molecule has 2 heterocycles. The quantitative estimate of drug-likeness (QED) is 0.368. The van der Waals surface area contributed by atoms with E-state index in [-0.39, 0.29) is 18.7 Å². The van der Waals surface area contributed by atoms with Gasteiger partial charge < -0.3 is 18.9 Å². The van der Waals surface area contributed by atoms with Gasteiger partial charge in [-0.2, -0.15) is 0 Å². The molecule has 0 N–H and O–H groups in total. The Labute approximate surface area is 182 Å². The molecular weight excluding hydrogens is 448 g/mol. The van der Waals surface area contributed by atoms with Crippen molar-refractivity contribution >= 4 is 21.7 Å². The molecule has 3 aromatic carbocycles. The predicted molar refractivity (Wildman–Crippen MR) is 114 cm³/mol. The molecule has 152 valence electrons. The predicted octanol–water partition coefficient (Wildman–Crippen LogP) is 5.22. The maximum atomic E-state index is 13.2. The molecule has 0 aromatic heterocycles. The van der Waals surface area contributed by atoms with Gasteiger partial charge >= 0.3 is 0 Å². The van der Waals surface area contributed by atoms with Crippen molar-refractivity contribution in [3.63, 3.8) is 0 Å². The monoisotopic (exact) mass is 466 g/mol. The highest BCUT2D eigenvalue weighted by Crippen LogP contribution is 2.48. The first-order valence-corrected chi connectivity index (χ1v) is 10.5. The first-order chi connectivity index (χ1) is 14.7. The molecule has 0 aliphatic carbocycles. The third-order valence-electron chi connectivity index (χ3n) is 5.15. The third-order valence-corrected chi connectivity index (χ3v) is 5.61. The SMILES string of the molecule is O=C(c1ccccc1OCc1ccccc1)[C@H]1O[C@H]1c1cc(Br)cc2c1OCOC2. The van der Waals surface area contributed by atoms with Crippen LogP contribution in [0, 0.1) is 0 Å². The summed E-state index contributed by atoms with van der Waals surface area (Å²) in [5.74, 6) is 1.21. The number of para-hydroxylation sites is 1. The number of fused-ring (bicyclic) bond motifs is 1. The molecule has 30 heavy (non-hydrogen) atoms. The fourth-order valence-corrected chi connectivity index (χ4v) is 4.18. The van der Waals surface area contributed by atoms with Crippen LogP contribution < -0.4 is 9.47 Å². The van der Waals surface area contributed by atoms with Crippen LogP contribution in [0.5, 0.6) is 11.5 Å². The van der Waals surface area contributed by atoms with Gasteiger partial charge in [-0.25, -0.2) is 0 Å². The maximum Gasteiger partial charge on any atom is 0.198 e. The average Bonchev–Trinajstić information content (AvgIpc) is 3.58. The highest BCUT2D eigenvalue weighted by molar-refractivity contribution is 9.10. The van der Waals surface area contributed by atoms with Crippen LogP contribution in [0.1, 0.15) is 33.2 Å². The number of hydrogen-bond donors (Lipinski definition) is 0. The summed E-state index contributed by atoms with van der Waals surface area (Å²) >= 11 is 3.52. The molecule has 5 nitrogen and oxygen atoms in total. The normalized spacial score (nSPS) is 19.5. The Morgan fingerprint density at radius 2 is 1.87 bits per heavy atom. The summed E-state index contributed by atoms with van der Waals surface area (Å²) in [7, 11) is 0. The Bertz CT molecular complexity index is 1080. The molecule has 2 atom stereocenters. The maximum absolute atomic E-state index is 13.2. The van der Waals surface area contributed by atoms with Crippen LogP contribution in [0.15, 0.2) is 71.2 Å². The molecule has 0 spiro atoms. The van der Waals surface area contributed by atoms with Crippen molar-refractivity contribution in [3.05, 3.63) is 93.5 Å². The summed E-state index contributed by atoms with van der Waals surface area (Å²) in [6.45, 7) is 1.07. The van der Waals surface area contributed by atoms with E-state index in [1.54, 1.807) is 6.07 Å². The third kappa shape index (κ3) is 3.86. The van der Waals surface area contributed by atoms with Crippen molar-refractivity contribution in [1.82, 2.24) is 0 Å². The Kier molecular flexibility index (Phi) is 5.29. The van der Waals surface area contributed by atoms with Gasteiger partial charge in [0.15, 0.2) is 18.7 Å². The number of carbonyl (C=O) groups excluding carboxylic acids is 1. The fraction of sp³-hybridized carbons (Fsp3) is 0.208. The molecular formula is C24H19BrO5. The molecule has 0 saturated carbocycles. The lowest BCUT2D eigenvalue weighted by molar-refractivity contribution is -0.0173. The van der Waals surface area contributed by atoms with Gasteiger partial charge in [0.05, 0.1) is 12.2 Å². The minimum absolute atomic E-state index is 0.0931. The van der Waals surface area contributed by atoms with Crippen LogP contribution in [0.4, 0.5) is 0 Å². The lowest BCUT2D eigenvalue weighted by atomic mass is 9.99. The van der Waals surface area contributed by atoms with Crippen molar-refractivity contribution in [2.75, 3.05) is 6.79 Å². The van der Waals surface area contributed by atoms with E-state index in [2.05, 4.69) is 15.9 Å². The van der Waals surface area contributed by atoms with Gasteiger partial charge in [0.2, 0.25) is 0 Å². The van der Waals surface area contributed by atoms with E-state index < -0.39 is 6.10 Å². The Hall–Kier alpha value is -2.67. The summed E-state index contributed by atoms with van der Waals surface area (Å²) < 4.78 is 23.7. The van der Waals surface area contributed by atoms with E-state index in [1.807, 2.05) is 60.7 Å². The van der Waals surface area contributed by atoms with E-state index in [0.717, 1.165) is 26.9 Å². The van der Waals surface area contributed by atoms with Crippen LogP contribution in [0.3, 0.4) is 0 Å². The number of benzene rings is 3. The van der Waals surface area contributed by atoms with Crippen LogP contribution in [0.2, 0.25) is 0 Å². The zero-order chi connectivity index (χ0) is 20.5. The Morgan fingerprint density at radius 1 is 1.07 bits per heavy atom. The van der Waals surface area contributed by atoms with Gasteiger partial charge in [-0.15, -0.1) is 0 Å². The topological polar surface area (TPSA) is 57.3 Å². The van der Waals surface area contributed by atoms with Crippen LogP contribution in [0.25, 0.3) is 0 Å². The summed E-state index contributed by atoms with van der Waals surface area (Å²) in [5.41, 5.74) is 3.37. The van der Waals surface area contributed by atoms with E-state index in [1.165, 1.54) is 0 Å². The van der Waals surface area contributed by atoms with Gasteiger partial charge in [0, 0.05) is 15.6 Å². The van der Waals surface area contributed by atoms with Gasteiger partial charge in [-0.3, -0.25) is 4.79 Å². The first kappa shape index (κ1) is 19.3. The molecule has 3 aromatic rings. The van der Waals surface area contributed by atoms with Gasteiger partial charge in [-0.1, -0.05) is 58.4 Å². The largest absolute Gasteiger partial charge is 0.488 e. The first-order valence-electron chi connectivity index (χ1n) is 9.69. The molecule has 0 radical (unpaired) electrons. The van der Waals surface area contributed by atoms with Crippen molar-refractivity contribution in [1.29, 1.82) is 0 Å². The Morgan fingerprint density at radius 3 is 2.73 bits per heavy atom. The van der Waals surface area contributed by atoms with Crippen LogP contribution in [-0.4, -0.2) is 18.7 Å². The number of ether oxygens (including phenoxy) is 4. The zero-order valence-corrected chi connectivity index (χ0v) is 17.6. The fourth-order valence-electron chi connectivity index (χ4n) is 3.65. The van der Waals surface area contributed by atoms with E-state index >= 15 is 0 Å². The molecule has 0 bridgehead atoms. The summed E-state index contributed by atoms with van der Waals surface area (Å²) in [4.78, 5) is 13.2. The van der Waals surface area contributed by atoms with Crippen molar-refractivity contribution < 1.29 is 23.7 Å². The molecule has 5 rings (SSSR count). The zero-order valence-electron chi connectivity index (χ0n) is 16.0. The lowest BCUT2D eigenvalue weighted by Crippen LogP contribution is -2.14. The van der Waals surface area contributed by atoms with Crippen LogP contribution >= 0.6 is 15.9 Å². The van der Waals surface area contributed by atoms with E-state index in [4.69, 9.17) is 18.9 Å². The second-order valence-corrected chi connectivity index (χ2v) is 8.12. The molecule has 1 saturated heterocycles. The van der Waals surface area contributed by atoms with Gasteiger partial charge in [-0.05, 0) is 29.8 Å². The average molecular weight is 467 g/mol.